The number of hydrogen-bond donors (Lipinski definition) is 2. The Kier molecular flexibility index (Phi) is 2.93. The van der Waals surface area contributed by atoms with Gasteiger partial charge in [-0.1, -0.05) is 6.07 Å². The summed E-state index contributed by atoms with van der Waals surface area (Å²) in [6.07, 6.45) is 7.68. The minimum absolute atomic E-state index is 0.756. The van der Waals surface area contributed by atoms with Crippen molar-refractivity contribution in [3.8, 4) is 10.6 Å². The Bertz CT molecular complexity index is 526. The van der Waals surface area contributed by atoms with Crippen molar-refractivity contribution in [3.63, 3.8) is 0 Å². The van der Waals surface area contributed by atoms with E-state index >= 15 is 0 Å². The highest BCUT2D eigenvalue weighted by Crippen LogP contribution is 2.44. The molecule has 4 rings (SSSR count). The molecule has 2 saturated carbocycles. The molecule has 2 aliphatic rings. The number of aromatic amines is 1. The number of rotatable bonds is 6. The zero-order valence-electron chi connectivity index (χ0n) is 10.9. The minimum Gasteiger partial charge on any atom is -0.309 e. The average molecular weight is 273 g/mol. The van der Waals surface area contributed by atoms with Crippen LogP contribution in [0, 0.1) is 11.8 Å². The minimum atomic E-state index is 0.756. The van der Waals surface area contributed by atoms with Gasteiger partial charge in [-0.3, -0.25) is 5.10 Å². The van der Waals surface area contributed by atoms with Gasteiger partial charge in [0.15, 0.2) is 0 Å². The third-order valence-corrected chi connectivity index (χ3v) is 5.16. The summed E-state index contributed by atoms with van der Waals surface area (Å²) in [6, 6.07) is 5.00. The Morgan fingerprint density at radius 2 is 2.11 bits per heavy atom. The fourth-order valence-corrected chi connectivity index (χ4v) is 3.69. The Hall–Kier alpha value is -1.13. The van der Waals surface area contributed by atoms with Crippen LogP contribution in [0.3, 0.4) is 0 Å². The smallest absolute Gasteiger partial charge is 0.0794 e. The third kappa shape index (κ3) is 2.47. The van der Waals surface area contributed by atoms with Crippen molar-refractivity contribution in [2.45, 2.75) is 38.3 Å². The van der Waals surface area contributed by atoms with Gasteiger partial charge < -0.3 is 5.32 Å². The largest absolute Gasteiger partial charge is 0.309 e. The van der Waals surface area contributed by atoms with Gasteiger partial charge in [0, 0.05) is 18.2 Å². The van der Waals surface area contributed by atoms with Gasteiger partial charge in [-0.25, -0.2) is 0 Å². The van der Waals surface area contributed by atoms with Crippen LogP contribution in [0.25, 0.3) is 10.6 Å². The number of hydrogen-bond acceptors (Lipinski definition) is 3. The Balaban J connectivity index is 1.46. The van der Waals surface area contributed by atoms with Gasteiger partial charge in [-0.15, -0.1) is 11.3 Å². The van der Waals surface area contributed by atoms with E-state index < -0.39 is 0 Å². The molecule has 0 aromatic carbocycles. The normalized spacial score (nSPS) is 19.2. The molecule has 100 valence electrons. The molecule has 19 heavy (non-hydrogen) atoms. The fraction of sp³-hybridized carbons (Fsp3) is 0.533. The SMILES string of the molecule is c1csc(-c2[nH]ncc2CNC(C2CC2)C2CC2)c1. The summed E-state index contributed by atoms with van der Waals surface area (Å²) in [4.78, 5) is 1.28. The molecule has 0 unspecified atom stereocenters. The lowest BCUT2D eigenvalue weighted by Crippen LogP contribution is -2.32. The lowest BCUT2D eigenvalue weighted by molar-refractivity contribution is 0.416. The van der Waals surface area contributed by atoms with E-state index in [2.05, 4.69) is 33.0 Å². The molecule has 2 aliphatic carbocycles. The third-order valence-electron chi connectivity index (χ3n) is 4.27. The molecule has 0 atom stereocenters. The monoisotopic (exact) mass is 273 g/mol. The zero-order valence-corrected chi connectivity index (χ0v) is 11.7. The van der Waals surface area contributed by atoms with Crippen LogP contribution in [0.2, 0.25) is 0 Å². The predicted octanol–water partition coefficient (Wildman–Crippen LogP) is 3.42. The van der Waals surface area contributed by atoms with Crippen LogP contribution in [-0.4, -0.2) is 16.2 Å². The van der Waals surface area contributed by atoms with Crippen molar-refractivity contribution < 1.29 is 0 Å². The number of H-pyrrole nitrogens is 1. The molecule has 2 N–H and O–H groups in total. The van der Waals surface area contributed by atoms with Crippen molar-refractivity contribution in [3.05, 3.63) is 29.3 Å². The van der Waals surface area contributed by atoms with E-state index in [4.69, 9.17) is 0 Å². The lowest BCUT2D eigenvalue weighted by atomic mass is 10.1. The fourth-order valence-electron chi connectivity index (χ4n) is 2.94. The maximum Gasteiger partial charge on any atom is 0.0794 e. The first-order valence-electron chi connectivity index (χ1n) is 7.21. The highest BCUT2D eigenvalue weighted by atomic mass is 32.1. The van der Waals surface area contributed by atoms with Gasteiger partial charge in [-0.05, 0) is 49.0 Å². The van der Waals surface area contributed by atoms with Crippen LogP contribution >= 0.6 is 11.3 Å². The molecule has 2 aromatic heterocycles. The maximum absolute atomic E-state index is 4.22. The van der Waals surface area contributed by atoms with Crippen LogP contribution in [0.4, 0.5) is 0 Å². The quantitative estimate of drug-likeness (QED) is 0.846. The van der Waals surface area contributed by atoms with Crippen molar-refractivity contribution in [1.82, 2.24) is 15.5 Å². The first-order valence-corrected chi connectivity index (χ1v) is 8.09. The van der Waals surface area contributed by atoms with Crippen LogP contribution in [0.15, 0.2) is 23.7 Å². The molecule has 0 bridgehead atoms. The van der Waals surface area contributed by atoms with Gasteiger partial charge in [-0.2, -0.15) is 5.10 Å². The summed E-state index contributed by atoms with van der Waals surface area (Å²) < 4.78 is 0. The number of thiophene rings is 1. The molecule has 2 aromatic rings. The van der Waals surface area contributed by atoms with E-state index in [-0.39, 0.29) is 0 Å². The predicted molar refractivity (Wildman–Crippen MR) is 78.0 cm³/mol. The zero-order chi connectivity index (χ0) is 12.7. The van der Waals surface area contributed by atoms with Gasteiger partial charge in [0.2, 0.25) is 0 Å². The number of nitrogens with one attached hydrogen (secondary N) is 2. The molecule has 0 amide bonds. The van der Waals surface area contributed by atoms with Crippen LogP contribution in [-0.2, 0) is 6.54 Å². The van der Waals surface area contributed by atoms with E-state index in [1.54, 1.807) is 11.3 Å². The second kappa shape index (κ2) is 4.76. The average Bonchev–Trinajstić information content (AvgIpc) is 3.33. The first kappa shape index (κ1) is 11.7. The summed E-state index contributed by atoms with van der Waals surface area (Å²) in [6.45, 7) is 0.946. The highest BCUT2D eigenvalue weighted by Gasteiger charge is 2.41. The van der Waals surface area contributed by atoms with Gasteiger partial charge >= 0.3 is 0 Å². The van der Waals surface area contributed by atoms with E-state index in [0.29, 0.717) is 0 Å². The topological polar surface area (TPSA) is 40.7 Å². The van der Waals surface area contributed by atoms with Crippen molar-refractivity contribution >= 4 is 11.3 Å². The summed E-state index contributed by atoms with van der Waals surface area (Å²) in [5.74, 6) is 1.90. The van der Waals surface area contributed by atoms with Crippen LogP contribution in [0.5, 0.6) is 0 Å². The second-order valence-corrected chi connectivity index (χ2v) is 6.78. The molecular weight excluding hydrogens is 254 g/mol. The Morgan fingerprint density at radius 3 is 2.74 bits per heavy atom. The van der Waals surface area contributed by atoms with Crippen molar-refractivity contribution in [2.24, 2.45) is 11.8 Å². The molecular formula is C15H19N3S. The van der Waals surface area contributed by atoms with E-state index in [9.17, 15) is 0 Å². The molecule has 0 aliphatic heterocycles. The van der Waals surface area contributed by atoms with Crippen LogP contribution < -0.4 is 5.32 Å². The molecule has 0 spiro atoms. The van der Waals surface area contributed by atoms with E-state index in [1.807, 2.05) is 6.20 Å². The standard InChI is InChI=1S/C15H19N3S/c1-2-13(19-7-1)15-12(9-17-18-15)8-16-14(10-3-4-10)11-5-6-11/h1-2,7,9-11,14,16H,3-6,8H2,(H,17,18). The van der Waals surface area contributed by atoms with E-state index in [0.717, 1.165) is 24.4 Å². The molecule has 3 nitrogen and oxygen atoms in total. The molecule has 0 radical (unpaired) electrons. The molecule has 0 saturated heterocycles. The first-order chi connectivity index (χ1) is 9.42. The van der Waals surface area contributed by atoms with Gasteiger partial charge in [0.1, 0.15) is 0 Å². The molecule has 2 heterocycles. The summed E-state index contributed by atoms with van der Waals surface area (Å²) >= 11 is 1.77. The van der Waals surface area contributed by atoms with Gasteiger partial charge in [0.25, 0.3) is 0 Å². The second-order valence-electron chi connectivity index (χ2n) is 5.83. The lowest BCUT2D eigenvalue weighted by Gasteiger charge is -2.17. The summed E-state index contributed by atoms with van der Waals surface area (Å²) in [7, 11) is 0. The number of nitrogens with zero attached hydrogens (tertiary/aromatic N) is 1. The molecule has 2 fully saturated rings. The highest BCUT2D eigenvalue weighted by molar-refractivity contribution is 7.13. The van der Waals surface area contributed by atoms with Crippen molar-refractivity contribution in [2.75, 3.05) is 0 Å². The van der Waals surface area contributed by atoms with Crippen LogP contribution in [0.1, 0.15) is 31.2 Å². The maximum atomic E-state index is 4.22. The summed E-state index contributed by atoms with van der Waals surface area (Å²) in [5, 5.41) is 13.3. The molecule has 4 heteroatoms. The Morgan fingerprint density at radius 1 is 1.32 bits per heavy atom. The number of aromatic nitrogens is 2. The van der Waals surface area contributed by atoms with Gasteiger partial charge in [0.05, 0.1) is 16.8 Å². The summed E-state index contributed by atoms with van der Waals surface area (Å²) in [5.41, 5.74) is 2.49. The Labute approximate surface area is 117 Å². The van der Waals surface area contributed by atoms with Crippen molar-refractivity contribution in [1.29, 1.82) is 0 Å². The van der Waals surface area contributed by atoms with E-state index in [1.165, 1.54) is 41.8 Å².